The number of esters is 1. The molecule has 176 valence electrons. The van der Waals surface area contributed by atoms with Gasteiger partial charge in [0, 0.05) is 16.8 Å². The van der Waals surface area contributed by atoms with Crippen molar-refractivity contribution in [2.45, 2.75) is 83.1 Å². The lowest BCUT2D eigenvalue weighted by atomic mass is 9.57. The summed E-state index contributed by atoms with van der Waals surface area (Å²) in [4.78, 5) is 24.4. The topological polar surface area (TPSA) is 63.2 Å². The first-order chi connectivity index (χ1) is 15.3. The minimum atomic E-state index is -0.749. The van der Waals surface area contributed by atoms with Crippen molar-refractivity contribution < 1.29 is 28.8 Å². The third-order valence-corrected chi connectivity index (χ3v) is 8.95. The molecule has 2 bridgehead atoms. The molecule has 1 aliphatic carbocycles. The Labute approximate surface area is 198 Å². The molecule has 5 fully saturated rings. The third-order valence-electron chi connectivity index (χ3n) is 8.25. The van der Waals surface area contributed by atoms with Crippen molar-refractivity contribution in [1.82, 2.24) is 0 Å². The Morgan fingerprint density at radius 1 is 1.16 bits per heavy atom. The lowest BCUT2D eigenvalue weighted by Gasteiger charge is -2.60. The van der Waals surface area contributed by atoms with Gasteiger partial charge in [0.2, 0.25) is 5.79 Å². The van der Waals surface area contributed by atoms with Gasteiger partial charge in [-0.1, -0.05) is 26.0 Å². The first-order valence-corrected chi connectivity index (χ1v) is 12.7. The van der Waals surface area contributed by atoms with Gasteiger partial charge in [0.05, 0.1) is 18.3 Å². The number of carbonyl (C=O) groups is 1. The van der Waals surface area contributed by atoms with E-state index in [0.29, 0.717) is 35.8 Å². The molecule has 1 spiro atoms. The molecule has 4 saturated heterocycles. The van der Waals surface area contributed by atoms with Gasteiger partial charge < -0.3 is 14.2 Å². The Morgan fingerprint density at radius 2 is 1.97 bits per heavy atom. The molecule has 5 aliphatic rings. The number of hydrogen-bond acceptors (Lipinski definition) is 6. The van der Waals surface area contributed by atoms with E-state index < -0.39 is 17.7 Å². The number of carbonyl (C=O) groups excluding carboxylic acids is 1. The minimum Gasteiger partial charge on any atom is -0.462 e. The summed E-state index contributed by atoms with van der Waals surface area (Å²) < 4.78 is 19.3. The Kier molecular flexibility index (Phi) is 6.16. The van der Waals surface area contributed by atoms with Gasteiger partial charge in [0.15, 0.2) is 11.9 Å². The molecule has 0 aromatic heterocycles. The Bertz CT molecular complexity index is 863. The molecule has 7 heteroatoms. The number of rotatable bonds is 5. The minimum absolute atomic E-state index is 0.0402. The van der Waals surface area contributed by atoms with E-state index in [2.05, 4.69) is 29.8 Å². The van der Waals surface area contributed by atoms with Gasteiger partial charge in [0.1, 0.15) is 0 Å². The fourth-order valence-corrected chi connectivity index (χ4v) is 6.91. The summed E-state index contributed by atoms with van der Waals surface area (Å²) in [5.74, 6) is 0.532. The standard InChI is InChI=1S/C25H33BrO6/c1-15-10-11-19-16(2)21(9-6-14-28-22(27)17-7-4-5-8-20(17)26)29-23-25(19)18(15)12-13-24(3,30-23)31-32-25/h4-5,7-8,15-16,18-19,21,23H,6,9-14H2,1-3H3/t15-,16-,18+,19+,21-,23?,24+,25-/m1/s1. The lowest BCUT2D eigenvalue weighted by molar-refractivity contribution is -0.571. The molecule has 8 atom stereocenters. The monoisotopic (exact) mass is 508 g/mol. The van der Waals surface area contributed by atoms with Crippen molar-refractivity contribution in [3.05, 3.63) is 34.3 Å². The van der Waals surface area contributed by atoms with E-state index >= 15 is 0 Å². The Balaban J connectivity index is 1.25. The normalized spacial score (nSPS) is 42.8. The Morgan fingerprint density at radius 3 is 2.78 bits per heavy atom. The van der Waals surface area contributed by atoms with Gasteiger partial charge in [-0.05, 0) is 84.8 Å². The average molecular weight is 509 g/mol. The van der Waals surface area contributed by atoms with Gasteiger partial charge in [-0.25, -0.2) is 14.6 Å². The average Bonchev–Trinajstić information content (AvgIpc) is 3.00. The van der Waals surface area contributed by atoms with E-state index in [0.717, 1.165) is 36.6 Å². The predicted octanol–water partition coefficient (Wildman–Crippen LogP) is 5.64. The molecule has 0 amide bonds. The number of ether oxygens (including phenoxy) is 3. The van der Waals surface area contributed by atoms with Gasteiger partial charge in [-0.3, -0.25) is 0 Å². The van der Waals surface area contributed by atoms with Crippen molar-refractivity contribution in [1.29, 1.82) is 0 Å². The fraction of sp³-hybridized carbons (Fsp3) is 0.720. The molecule has 4 heterocycles. The molecule has 6 rings (SSSR count). The van der Waals surface area contributed by atoms with E-state index in [1.54, 1.807) is 6.07 Å². The van der Waals surface area contributed by atoms with Crippen molar-refractivity contribution in [2.75, 3.05) is 6.61 Å². The highest BCUT2D eigenvalue weighted by molar-refractivity contribution is 9.10. The van der Waals surface area contributed by atoms with Crippen LogP contribution in [-0.4, -0.2) is 36.4 Å². The molecule has 32 heavy (non-hydrogen) atoms. The summed E-state index contributed by atoms with van der Waals surface area (Å²) >= 11 is 3.41. The van der Waals surface area contributed by atoms with Crippen LogP contribution in [0.2, 0.25) is 0 Å². The molecule has 0 N–H and O–H groups in total. The van der Waals surface area contributed by atoms with Crippen molar-refractivity contribution >= 4 is 21.9 Å². The SMILES string of the molecule is C[C@H]1[C@@H](CCCOC(=O)c2ccccc2Br)OC2O[C@]3(C)CC[C@H]4[C@H](C)CC[C@@H]1[C@@]24OO3. The molecular formula is C25H33BrO6. The largest absolute Gasteiger partial charge is 0.462 e. The molecule has 1 aromatic rings. The summed E-state index contributed by atoms with van der Waals surface area (Å²) in [6.45, 7) is 6.91. The maximum Gasteiger partial charge on any atom is 0.339 e. The summed E-state index contributed by atoms with van der Waals surface area (Å²) in [6, 6.07) is 7.32. The predicted molar refractivity (Wildman–Crippen MR) is 120 cm³/mol. The van der Waals surface area contributed by atoms with Crippen LogP contribution >= 0.6 is 15.9 Å². The summed E-state index contributed by atoms with van der Waals surface area (Å²) in [6.07, 6.45) is 5.33. The number of fused-ring (bicyclic) bond motifs is 2. The fourth-order valence-electron chi connectivity index (χ4n) is 6.46. The van der Waals surface area contributed by atoms with Crippen molar-refractivity contribution in [3.8, 4) is 0 Å². The summed E-state index contributed by atoms with van der Waals surface area (Å²) in [5.41, 5.74) is 0.0303. The van der Waals surface area contributed by atoms with Crippen LogP contribution in [0.1, 0.15) is 69.7 Å². The second kappa shape index (κ2) is 8.66. The number of benzene rings is 1. The molecule has 1 unspecified atom stereocenters. The van der Waals surface area contributed by atoms with Crippen LogP contribution in [0.25, 0.3) is 0 Å². The van der Waals surface area contributed by atoms with Crippen LogP contribution in [-0.2, 0) is 24.0 Å². The Hall–Kier alpha value is -0.990. The molecule has 0 radical (unpaired) electrons. The highest BCUT2D eigenvalue weighted by atomic mass is 79.9. The van der Waals surface area contributed by atoms with Crippen LogP contribution < -0.4 is 0 Å². The van der Waals surface area contributed by atoms with Gasteiger partial charge in [-0.2, -0.15) is 0 Å². The van der Waals surface area contributed by atoms with Gasteiger partial charge in [-0.15, -0.1) is 0 Å². The van der Waals surface area contributed by atoms with E-state index in [9.17, 15) is 4.79 Å². The van der Waals surface area contributed by atoms with Gasteiger partial charge in [0.25, 0.3) is 0 Å². The first-order valence-electron chi connectivity index (χ1n) is 12.0. The van der Waals surface area contributed by atoms with E-state index in [1.807, 2.05) is 25.1 Å². The van der Waals surface area contributed by atoms with E-state index in [-0.39, 0.29) is 12.1 Å². The highest BCUT2D eigenvalue weighted by Crippen LogP contribution is 2.60. The van der Waals surface area contributed by atoms with Crippen LogP contribution in [0.15, 0.2) is 28.7 Å². The number of halogens is 1. The zero-order chi connectivity index (χ0) is 22.5. The lowest BCUT2D eigenvalue weighted by Crippen LogP contribution is -2.70. The van der Waals surface area contributed by atoms with Crippen molar-refractivity contribution in [2.24, 2.45) is 23.7 Å². The second-order valence-electron chi connectivity index (χ2n) is 10.2. The first kappa shape index (κ1) is 22.8. The molecule has 1 aromatic carbocycles. The van der Waals surface area contributed by atoms with E-state index in [4.69, 9.17) is 24.0 Å². The van der Waals surface area contributed by atoms with E-state index in [1.165, 1.54) is 6.42 Å². The third kappa shape index (κ3) is 3.74. The molecule has 1 saturated carbocycles. The zero-order valence-corrected chi connectivity index (χ0v) is 20.6. The maximum absolute atomic E-state index is 12.4. The van der Waals surface area contributed by atoms with Gasteiger partial charge >= 0.3 is 5.97 Å². The van der Waals surface area contributed by atoms with Crippen LogP contribution in [0.4, 0.5) is 0 Å². The quantitative estimate of drug-likeness (QED) is 0.291. The maximum atomic E-state index is 12.4. The smallest absolute Gasteiger partial charge is 0.339 e. The summed E-state index contributed by atoms with van der Waals surface area (Å²) in [5, 5.41) is 0. The highest BCUT2D eigenvalue weighted by Gasteiger charge is 2.69. The van der Waals surface area contributed by atoms with Crippen LogP contribution in [0, 0.1) is 23.7 Å². The molecule has 4 aliphatic heterocycles. The van der Waals surface area contributed by atoms with Crippen LogP contribution in [0.3, 0.4) is 0 Å². The molecular weight excluding hydrogens is 476 g/mol. The van der Waals surface area contributed by atoms with Crippen molar-refractivity contribution in [3.63, 3.8) is 0 Å². The second-order valence-corrected chi connectivity index (χ2v) is 11.1. The number of hydrogen-bond donors (Lipinski definition) is 0. The van der Waals surface area contributed by atoms with Crippen LogP contribution in [0.5, 0.6) is 0 Å². The zero-order valence-electron chi connectivity index (χ0n) is 19.1. The molecule has 6 nitrogen and oxygen atoms in total. The summed E-state index contributed by atoms with van der Waals surface area (Å²) in [7, 11) is 0.